The Balaban J connectivity index is 2.12. The molecule has 0 bridgehead atoms. The number of aliphatic hydroxyl groups excluding tert-OH is 1. The average Bonchev–Trinajstić information content (AvgIpc) is 2.76. The lowest BCUT2D eigenvalue weighted by Gasteiger charge is -2.19. The zero-order valence-electron chi connectivity index (χ0n) is 9.83. The molecule has 1 aromatic rings. The third-order valence-electron chi connectivity index (χ3n) is 3.40. The van der Waals surface area contributed by atoms with Gasteiger partial charge in [-0.3, -0.25) is 4.79 Å². The van der Waals surface area contributed by atoms with Crippen LogP contribution in [0, 0.1) is 17.6 Å². The van der Waals surface area contributed by atoms with Crippen LogP contribution in [0.2, 0.25) is 0 Å². The predicted octanol–water partition coefficient (Wildman–Crippen LogP) is 1.86. The summed E-state index contributed by atoms with van der Waals surface area (Å²) in [5, 5.41) is 11.7. The SMILES string of the molecule is O=C(NC1CCCC1CO)c1c(F)cccc1F. The van der Waals surface area contributed by atoms with Gasteiger partial charge in [-0.05, 0) is 25.0 Å². The van der Waals surface area contributed by atoms with Crippen molar-refractivity contribution in [3.8, 4) is 0 Å². The molecular formula is C13H15F2NO2. The van der Waals surface area contributed by atoms with E-state index in [0.29, 0.717) is 0 Å². The monoisotopic (exact) mass is 255 g/mol. The largest absolute Gasteiger partial charge is 0.396 e. The first-order valence-corrected chi connectivity index (χ1v) is 5.99. The molecule has 2 rings (SSSR count). The zero-order valence-corrected chi connectivity index (χ0v) is 9.83. The first kappa shape index (κ1) is 13.0. The fourth-order valence-corrected chi connectivity index (χ4v) is 2.40. The van der Waals surface area contributed by atoms with Gasteiger partial charge in [-0.2, -0.15) is 0 Å². The van der Waals surface area contributed by atoms with E-state index in [1.165, 1.54) is 6.07 Å². The Bertz CT molecular complexity index is 430. The molecule has 1 aromatic carbocycles. The van der Waals surface area contributed by atoms with Crippen molar-refractivity contribution in [1.29, 1.82) is 0 Å². The van der Waals surface area contributed by atoms with Gasteiger partial charge in [0.1, 0.15) is 17.2 Å². The minimum Gasteiger partial charge on any atom is -0.396 e. The van der Waals surface area contributed by atoms with Gasteiger partial charge in [0.15, 0.2) is 0 Å². The summed E-state index contributed by atoms with van der Waals surface area (Å²) in [5.41, 5.74) is -0.555. The highest BCUT2D eigenvalue weighted by Gasteiger charge is 2.29. The predicted molar refractivity (Wildman–Crippen MR) is 62.0 cm³/mol. The number of halogens is 2. The molecule has 1 aliphatic rings. The van der Waals surface area contributed by atoms with E-state index in [4.69, 9.17) is 5.11 Å². The fourth-order valence-electron chi connectivity index (χ4n) is 2.40. The molecule has 0 heterocycles. The van der Waals surface area contributed by atoms with Gasteiger partial charge in [0.25, 0.3) is 5.91 Å². The zero-order chi connectivity index (χ0) is 13.1. The quantitative estimate of drug-likeness (QED) is 0.866. The maximum absolute atomic E-state index is 13.4. The fraction of sp³-hybridized carbons (Fsp3) is 0.462. The van der Waals surface area contributed by atoms with Gasteiger partial charge in [0.05, 0.1) is 0 Å². The van der Waals surface area contributed by atoms with Crippen molar-refractivity contribution in [2.45, 2.75) is 25.3 Å². The second-order valence-corrected chi connectivity index (χ2v) is 4.55. The summed E-state index contributed by atoms with van der Waals surface area (Å²) in [6.45, 7) is -0.0231. The van der Waals surface area contributed by atoms with E-state index in [1.807, 2.05) is 0 Å². The Kier molecular flexibility index (Phi) is 3.91. The number of nitrogens with one attached hydrogen (secondary N) is 1. The molecular weight excluding hydrogens is 240 g/mol. The van der Waals surface area contributed by atoms with E-state index in [0.717, 1.165) is 31.4 Å². The maximum atomic E-state index is 13.4. The van der Waals surface area contributed by atoms with Crippen molar-refractivity contribution in [2.75, 3.05) is 6.61 Å². The molecule has 1 amide bonds. The number of amides is 1. The van der Waals surface area contributed by atoms with Gasteiger partial charge in [-0.1, -0.05) is 12.5 Å². The Labute approximate surface area is 104 Å². The van der Waals surface area contributed by atoms with E-state index in [9.17, 15) is 13.6 Å². The number of hydrogen-bond acceptors (Lipinski definition) is 2. The third kappa shape index (κ3) is 2.51. The number of hydrogen-bond donors (Lipinski definition) is 2. The molecule has 1 saturated carbocycles. The summed E-state index contributed by atoms with van der Waals surface area (Å²) >= 11 is 0. The van der Waals surface area contributed by atoms with Crippen molar-refractivity contribution >= 4 is 5.91 Å². The van der Waals surface area contributed by atoms with Crippen molar-refractivity contribution < 1.29 is 18.7 Å². The lowest BCUT2D eigenvalue weighted by molar-refractivity contribution is 0.0907. The van der Waals surface area contributed by atoms with Crippen LogP contribution in [0.4, 0.5) is 8.78 Å². The van der Waals surface area contributed by atoms with Crippen LogP contribution < -0.4 is 5.32 Å². The second kappa shape index (κ2) is 5.44. The van der Waals surface area contributed by atoms with Crippen LogP contribution >= 0.6 is 0 Å². The molecule has 0 radical (unpaired) electrons. The summed E-state index contributed by atoms with van der Waals surface area (Å²) in [7, 11) is 0. The topological polar surface area (TPSA) is 49.3 Å². The maximum Gasteiger partial charge on any atom is 0.257 e. The molecule has 0 saturated heterocycles. The smallest absolute Gasteiger partial charge is 0.257 e. The van der Waals surface area contributed by atoms with E-state index < -0.39 is 23.1 Å². The number of benzene rings is 1. The molecule has 18 heavy (non-hydrogen) atoms. The molecule has 0 aliphatic heterocycles. The van der Waals surface area contributed by atoms with Crippen LogP contribution in [0.25, 0.3) is 0 Å². The summed E-state index contributed by atoms with van der Waals surface area (Å²) in [6, 6.07) is 3.11. The highest BCUT2D eigenvalue weighted by molar-refractivity contribution is 5.94. The number of aliphatic hydroxyl groups is 1. The van der Waals surface area contributed by atoms with Crippen LogP contribution in [-0.2, 0) is 0 Å². The Morgan fingerprint density at radius 3 is 2.61 bits per heavy atom. The Morgan fingerprint density at radius 1 is 1.33 bits per heavy atom. The highest BCUT2D eigenvalue weighted by Crippen LogP contribution is 2.25. The number of rotatable bonds is 3. The normalized spacial score (nSPS) is 23.1. The van der Waals surface area contributed by atoms with Crippen LogP contribution in [-0.4, -0.2) is 23.7 Å². The summed E-state index contributed by atoms with van der Waals surface area (Å²) < 4.78 is 26.8. The summed E-state index contributed by atoms with van der Waals surface area (Å²) in [4.78, 5) is 11.8. The standard InChI is InChI=1S/C13H15F2NO2/c14-9-4-2-5-10(15)12(9)13(18)16-11-6-1-3-8(11)7-17/h2,4-5,8,11,17H,1,3,6-7H2,(H,16,18). The van der Waals surface area contributed by atoms with E-state index in [1.54, 1.807) is 0 Å². The minimum absolute atomic E-state index is 0.0231. The molecule has 0 aromatic heterocycles. The Morgan fingerprint density at radius 2 is 2.00 bits per heavy atom. The molecule has 0 spiro atoms. The van der Waals surface area contributed by atoms with E-state index >= 15 is 0 Å². The molecule has 98 valence electrons. The van der Waals surface area contributed by atoms with Crippen LogP contribution in [0.3, 0.4) is 0 Å². The third-order valence-corrected chi connectivity index (χ3v) is 3.40. The Hall–Kier alpha value is -1.49. The van der Waals surface area contributed by atoms with Crippen LogP contribution in [0.1, 0.15) is 29.6 Å². The molecule has 2 atom stereocenters. The van der Waals surface area contributed by atoms with Crippen LogP contribution in [0.5, 0.6) is 0 Å². The first-order chi connectivity index (χ1) is 8.63. The first-order valence-electron chi connectivity index (χ1n) is 5.99. The molecule has 5 heteroatoms. The van der Waals surface area contributed by atoms with Gasteiger partial charge >= 0.3 is 0 Å². The van der Waals surface area contributed by atoms with E-state index in [2.05, 4.69) is 5.32 Å². The van der Waals surface area contributed by atoms with Gasteiger partial charge in [0, 0.05) is 18.6 Å². The highest BCUT2D eigenvalue weighted by atomic mass is 19.1. The lowest BCUT2D eigenvalue weighted by Crippen LogP contribution is -2.39. The molecule has 1 aliphatic carbocycles. The van der Waals surface area contributed by atoms with Gasteiger partial charge in [-0.25, -0.2) is 8.78 Å². The van der Waals surface area contributed by atoms with Crippen molar-refractivity contribution in [3.63, 3.8) is 0 Å². The van der Waals surface area contributed by atoms with Crippen LogP contribution in [0.15, 0.2) is 18.2 Å². The van der Waals surface area contributed by atoms with Crippen molar-refractivity contribution in [3.05, 3.63) is 35.4 Å². The summed E-state index contributed by atoms with van der Waals surface area (Å²) in [5.74, 6) is -2.52. The summed E-state index contributed by atoms with van der Waals surface area (Å²) in [6.07, 6.45) is 2.45. The minimum atomic E-state index is -0.869. The molecule has 3 nitrogen and oxygen atoms in total. The number of carbonyl (C=O) groups is 1. The van der Waals surface area contributed by atoms with Gasteiger partial charge in [-0.15, -0.1) is 0 Å². The second-order valence-electron chi connectivity index (χ2n) is 4.55. The number of carbonyl (C=O) groups excluding carboxylic acids is 1. The van der Waals surface area contributed by atoms with E-state index in [-0.39, 0.29) is 18.6 Å². The lowest BCUT2D eigenvalue weighted by atomic mass is 10.0. The van der Waals surface area contributed by atoms with Crippen molar-refractivity contribution in [2.24, 2.45) is 5.92 Å². The molecule has 1 fully saturated rings. The van der Waals surface area contributed by atoms with Gasteiger partial charge < -0.3 is 10.4 Å². The average molecular weight is 255 g/mol. The molecule has 2 unspecified atom stereocenters. The van der Waals surface area contributed by atoms with Crippen molar-refractivity contribution in [1.82, 2.24) is 5.32 Å². The van der Waals surface area contributed by atoms with Gasteiger partial charge in [0.2, 0.25) is 0 Å². The molecule has 2 N–H and O–H groups in total.